The van der Waals surface area contributed by atoms with Crippen LogP contribution < -0.4 is 0 Å². The van der Waals surface area contributed by atoms with Gasteiger partial charge in [-0.3, -0.25) is 0 Å². The molecule has 0 saturated carbocycles. The van der Waals surface area contributed by atoms with Crippen LogP contribution in [0.15, 0.2) is 37.5 Å². The Kier molecular flexibility index (Phi) is 3.65. The van der Waals surface area contributed by atoms with Crippen LogP contribution in [0, 0.1) is 11.8 Å². The van der Waals surface area contributed by atoms with E-state index < -0.39 is 0 Å². The zero-order valence-corrected chi connectivity index (χ0v) is 10.0. The maximum absolute atomic E-state index is 6.05. The summed E-state index contributed by atoms with van der Waals surface area (Å²) in [6.45, 7) is 8.60. The van der Waals surface area contributed by atoms with Crippen molar-refractivity contribution in [2.75, 3.05) is 6.61 Å². The lowest BCUT2D eigenvalue weighted by Gasteiger charge is -2.45. The topological polar surface area (TPSA) is 9.23 Å². The minimum absolute atomic E-state index is 0.0301. The predicted octanol–water partition coefficient (Wildman–Crippen LogP) is 3.88. The maximum atomic E-state index is 6.05. The van der Waals surface area contributed by atoms with E-state index in [1.54, 1.807) is 0 Å². The lowest BCUT2D eigenvalue weighted by Crippen LogP contribution is -2.45. The van der Waals surface area contributed by atoms with Crippen LogP contribution in [-0.4, -0.2) is 12.2 Å². The van der Waals surface area contributed by atoms with Crippen LogP contribution in [-0.2, 0) is 4.74 Å². The molecule has 1 nitrogen and oxygen atoms in total. The van der Waals surface area contributed by atoms with Crippen LogP contribution in [0.2, 0.25) is 0 Å². The molecule has 1 aliphatic carbocycles. The second kappa shape index (κ2) is 5.01. The van der Waals surface area contributed by atoms with Crippen molar-refractivity contribution < 1.29 is 4.74 Å². The maximum Gasteiger partial charge on any atom is 0.0924 e. The van der Waals surface area contributed by atoms with Gasteiger partial charge in [0.25, 0.3) is 0 Å². The van der Waals surface area contributed by atoms with Gasteiger partial charge in [0.1, 0.15) is 0 Å². The molecule has 0 aromatic carbocycles. The Hall–Kier alpha value is -0.820. The van der Waals surface area contributed by atoms with Crippen molar-refractivity contribution in [1.29, 1.82) is 0 Å². The van der Waals surface area contributed by atoms with Gasteiger partial charge in [0, 0.05) is 6.61 Å². The number of ether oxygens (including phenoxy) is 1. The first kappa shape index (κ1) is 11.7. The Morgan fingerprint density at radius 1 is 1.38 bits per heavy atom. The third kappa shape index (κ3) is 2.15. The molecular formula is C15H22O. The smallest absolute Gasteiger partial charge is 0.0924 e. The minimum Gasteiger partial charge on any atom is -0.370 e. The van der Waals surface area contributed by atoms with Gasteiger partial charge in [0.05, 0.1) is 5.60 Å². The Balaban J connectivity index is 2.15. The van der Waals surface area contributed by atoms with Crippen molar-refractivity contribution in [2.45, 2.75) is 37.7 Å². The van der Waals surface area contributed by atoms with Gasteiger partial charge < -0.3 is 4.74 Å². The highest BCUT2D eigenvalue weighted by molar-refractivity contribution is 5.15. The van der Waals surface area contributed by atoms with Crippen molar-refractivity contribution in [3.05, 3.63) is 37.5 Å². The van der Waals surface area contributed by atoms with Crippen LogP contribution in [0.3, 0.4) is 0 Å². The molecule has 1 saturated heterocycles. The van der Waals surface area contributed by atoms with Crippen molar-refractivity contribution >= 4 is 0 Å². The molecule has 0 amide bonds. The molecule has 2 aliphatic rings. The Labute approximate surface area is 98.9 Å². The summed E-state index contributed by atoms with van der Waals surface area (Å²) in [5, 5.41) is 0. The van der Waals surface area contributed by atoms with Crippen molar-refractivity contribution in [3.63, 3.8) is 0 Å². The average molecular weight is 218 g/mol. The first-order valence-corrected chi connectivity index (χ1v) is 6.36. The molecule has 0 bridgehead atoms. The minimum atomic E-state index is -0.0301. The predicted molar refractivity (Wildman–Crippen MR) is 68.3 cm³/mol. The van der Waals surface area contributed by atoms with Gasteiger partial charge in [0.2, 0.25) is 0 Å². The molecule has 3 unspecified atom stereocenters. The fraction of sp³-hybridized carbons (Fsp3) is 0.600. The van der Waals surface area contributed by atoms with Gasteiger partial charge in [-0.2, -0.15) is 0 Å². The summed E-state index contributed by atoms with van der Waals surface area (Å²) < 4.78 is 6.05. The first-order valence-electron chi connectivity index (χ1n) is 6.36. The van der Waals surface area contributed by atoms with E-state index in [1.165, 1.54) is 19.3 Å². The molecule has 1 heterocycles. The molecule has 0 N–H and O–H groups in total. The third-order valence-corrected chi connectivity index (χ3v) is 3.93. The summed E-state index contributed by atoms with van der Waals surface area (Å²) in [5.41, 5.74) is -0.0301. The van der Waals surface area contributed by atoms with E-state index in [4.69, 9.17) is 4.74 Å². The van der Waals surface area contributed by atoms with Gasteiger partial charge >= 0.3 is 0 Å². The van der Waals surface area contributed by atoms with Crippen molar-refractivity contribution in [3.8, 4) is 0 Å². The molecule has 3 atom stereocenters. The van der Waals surface area contributed by atoms with Crippen LogP contribution in [0.25, 0.3) is 0 Å². The second-order valence-electron chi connectivity index (χ2n) is 5.01. The highest BCUT2D eigenvalue weighted by Crippen LogP contribution is 2.43. The van der Waals surface area contributed by atoms with Gasteiger partial charge in [-0.05, 0) is 43.9 Å². The molecule has 0 aromatic rings. The molecule has 1 heteroatoms. The lowest BCUT2D eigenvalue weighted by molar-refractivity contribution is -0.0928. The molecule has 0 radical (unpaired) electrons. The molecular weight excluding hydrogens is 196 g/mol. The Morgan fingerprint density at radius 2 is 2.25 bits per heavy atom. The fourth-order valence-electron chi connectivity index (χ4n) is 3.11. The average Bonchev–Trinajstić information content (AvgIpc) is 2.30. The van der Waals surface area contributed by atoms with Crippen molar-refractivity contribution in [2.24, 2.45) is 11.8 Å². The third-order valence-electron chi connectivity index (χ3n) is 3.93. The van der Waals surface area contributed by atoms with E-state index in [0.29, 0.717) is 11.8 Å². The lowest BCUT2D eigenvalue weighted by atomic mass is 9.70. The number of rotatable bonds is 4. The molecule has 1 aliphatic heterocycles. The first-order chi connectivity index (χ1) is 7.80. The number of hydrogen-bond acceptors (Lipinski definition) is 1. The number of allylic oxidation sites excluding steroid dienone is 2. The SMILES string of the molecule is C=CCC1C=CC2(CC=C)OCCCC2C1. The molecule has 16 heavy (non-hydrogen) atoms. The van der Waals surface area contributed by atoms with E-state index in [1.807, 2.05) is 12.2 Å². The van der Waals surface area contributed by atoms with E-state index in [9.17, 15) is 0 Å². The zero-order valence-electron chi connectivity index (χ0n) is 10.0. The Bertz CT molecular complexity index is 292. The Morgan fingerprint density at radius 3 is 3.00 bits per heavy atom. The molecule has 2 rings (SSSR count). The number of fused-ring (bicyclic) bond motifs is 1. The molecule has 1 fully saturated rings. The van der Waals surface area contributed by atoms with Crippen LogP contribution in [0.4, 0.5) is 0 Å². The monoisotopic (exact) mass is 218 g/mol. The van der Waals surface area contributed by atoms with Gasteiger partial charge in [-0.15, -0.1) is 13.2 Å². The van der Waals surface area contributed by atoms with E-state index in [-0.39, 0.29) is 5.60 Å². The summed E-state index contributed by atoms with van der Waals surface area (Å²) >= 11 is 0. The molecule has 0 spiro atoms. The summed E-state index contributed by atoms with van der Waals surface area (Å²) in [7, 11) is 0. The highest BCUT2D eigenvalue weighted by Gasteiger charge is 2.41. The van der Waals surface area contributed by atoms with E-state index in [2.05, 4.69) is 25.3 Å². The van der Waals surface area contributed by atoms with Crippen molar-refractivity contribution in [1.82, 2.24) is 0 Å². The summed E-state index contributed by atoms with van der Waals surface area (Å²) in [6, 6.07) is 0. The van der Waals surface area contributed by atoms with E-state index >= 15 is 0 Å². The van der Waals surface area contributed by atoms with Gasteiger partial charge in [-0.1, -0.05) is 24.3 Å². The van der Waals surface area contributed by atoms with Crippen LogP contribution in [0.1, 0.15) is 32.1 Å². The zero-order chi connectivity index (χ0) is 11.4. The largest absolute Gasteiger partial charge is 0.370 e. The highest BCUT2D eigenvalue weighted by atomic mass is 16.5. The number of hydrogen-bond donors (Lipinski definition) is 0. The summed E-state index contributed by atoms with van der Waals surface area (Å²) in [5.74, 6) is 1.34. The standard InChI is InChI=1S/C15H22O/c1-3-6-13-8-10-15(9-4-2)14(12-13)7-5-11-16-15/h3-4,8,10,13-14H,1-2,5-7,9,11-12H2. The van der Waals surface area contributed by atoms with Gasteiger partial charge in [0.15, 0.2) is 0 Å². The second-order valence-corrected chi connectivity index (χ2v) is 5.01. The van der Waals surface area contributed by atoms with Crippen LogP contribution in [0.5, 0.6) is 0 Å². The van der Waals surface area contributed by atoms with Crippen LogP contribution >= 0.6 is 0 Å². The molecule has 88 valence electrons. The van der Waals surface area contributed by atoms with E-state index in [0.717, 1.165) is 19.4 Å². The normalized spacial score (nSPS) is 37.8. The summed E-state index contributed by atoms with van der Waals surface area (Å²) in [4.78, 5) is 0. The fourth-order valence-corrected chi connectivity index (χ4v) is 3.11. The quantitative estimate of drug-likeness (QED) is 0.651. The molecule has 0 aromatic heterocycles. The summed E-state index contributed by atoms with van der Waals surface area (Å²) in [6.07, 6.45) is 14.4. The van der Waals surface area contributed by atoms with Gasteiger partial charge in [-0.25, -0.2) is 0 Å².